The summed E-state index contributed by atoms with van der Waals surface area (Å²) in [5, 5.41) is 2.91. The van der Waals surface area contributed by atoms with Gasteiger partial charge in [0.15, 0.2) is 0 Å². The number of nitrogens with zero attached hydrogens (tertiary/aromatic N) is 2. The van der Waals surface area contributed by atoms with Crippen molar-refractivity contribution < 1.29 is 9.59 Å². The highest BCUT2D eigenvalue weighted by Gasteiger charge is 2.26. The van der Waals surface area contributed by atoms with Gasteiger partial charge >= 0.3 is 0 Å². The molecule has 1 aromatic carbocycles. The zero-order chi connectivity index (χ0) is 22.4. The molecule has 2 amide bonds. The Morgan fingerprint density at radius 2 is 1.71 bits per heavy atom. The predicted octanol–water partition coefficient (Wildman–Crippen LogP) is 4.07. The van der Waals surface area contributed by atoms with Crippen LogP contribution in [-0.4, -0.2) is 60.9 Å². The largest absolute Gasteiger partial charge is 0.352 e. The van der Waals surface area contributed by atoms with Gasteiger partial charge in [-0.2, -0.15) is 0 Å². The van der Waals surface area contributed by atoms with Crippen LogP contribution in [0.5, 0.6) is 0 Å². The van der Waals surface area contributed by atoms with Crippen molar-refractivity contribution in [3.63, 3.8) is 0 Å². The van der Waals surface area contributed by atoms with Gasteiger partial charge in [0.1, 0.15) is 0 Å². The van der Waals surface area contributed by atoms with Crippen molar-refractivity contribution in [1.29, 1.82) is 0 Å². The van der Waals surface area contributed by atoms with Crippen LogP contribution in [0.15, 0.2) is 24.3 Å². The van der Waals surface area contributed by atoms with E-state index in [9.17, 15) is 9.59 Å². The van der Waals surface area contributed by atoms with E-state index in [0.717, 1.165) is 32.0 Å². The molecule has 0 bridgehead atoms. The van der Waals surface area contributed by atoms with Gasteiger partial charge < -0.3 is 15.1 Å². The molecule has 1 atom stereocenters. The molecule has 0 aromatic heterocycles. The summed E-state index contributed by atoms with van der Waals surface area (Å²) in [5.74, 6) is 1.50. The molecule has 1 N–H and O–H groups in total. The summed E-state index contributed by atoms with van der Waals surface area (Å²) in [5.41, 5.74) is 1.92. The summed E-state index contributed by atoms with van der Waals surface area (Å²) in [4.78, 5) is 29.7. The van der Waals surface area contributed by atoms with Gasteiger partial charge in [0, 0.05) is 38.2 Å². The molecule has 2 heterocycles. The van der Waals surface area contributed by atoms with Crippen LogP contribution in [0, 0.1) is 11.8 Å². The molecular weight excluding hydrogens is 386 g/mol. The van der Waals surface area contributed by atoms with E-state index in [-0.39, 0.29) is 17.2 Å². The van der Waals surface area contributed by atoms with Crippen LogP contribution >= 0.6 is 0 Å². The average Bonchev–Trinajstić information content (AvgIpc) is 2.75. The Kier molecular flexibility index (Phi) is 8.15. The average molecular weight is 428 g/mol. The van der Waals surface area contributed by atoms with Crippen LogP contribution in [0.1, 0.15) is 75.7 Å². The van der Waals surface area contributed by atoms with Crippen molar-refractivity contribution >= 4 is 11.8 Å². The summed E-state index contributed by atoms with van der Waals surface area (Å²) < 4.78 is 0. The Hall–Kier alpha value is -1.88. The molecule has 2 fully saturated rings. The fraction of sp³-hybridized carbons (Fsp3) is 0.692. The molecule has 5 nitrogen and oxygen atoms in total. The molecule has 0 spiro atoms. The first-order valence-corrected chi connectivity index (χ1v) is 12.1. The van der Waals surface area contributed by atoms with Crippen molar-refractivity contribution in [2.24, 2.45) is 11.8 Å². The van der Waals surface area contributed by atoms with E-state index in [1.165, 1.54) is 37.9 Å². The molecule has 2 saturated heterocycles. The Morgan fingerprint density at radius 1 is 1.03 bits per heavy atom. The van der Waals surface area contributed by atoms with Crippen molar-refractivity contribution in [1.82, 2.24) is 15.1 Å². The lowest BCUT2D eigenvalue weighted by Gasteiger charge is -2.38. The van der Waals surface area contributed by atoms with Crippen LogP contribution in [-0.2, 0) is 10.2 Å². The van der Waals surface area contributed by atoms with Crippen molar-refractivity contribution in [2.45, 2.75) is 65.2 Å². The zero-order valence-electron chi connectivity index (χ0n) is 20.0. The summed E-state index contributed by atoms with van der Waals surface area (Å²) in [6, 6.07) is 7.76. The first-order chi connectivity index (χ1) is 14.7. The van der Waals surface area contributed by atoms with Crippen LogP contribution < -0.4 is 5.32 Å². The van der Waals surface area contributed by atoms with Gasteiger partial charge in [-0.15, -0.1) is 0 Å². The number of likely N-dealkylation sites (tertiary alicyclic amines) is 2. The lowest BCUT2D eigenvalue weighted by molar-refractivity contribution is -0.133. The van der Waals surface area contributed by atoms with Crippen LogP contribution in [0.2, 0.25) is 0 Å². The Bertz CT molecular complexity index is 730. The summed E-state index contributed by atoms with van der Waals surface area (Å²) in [7, 11) is 0. The van der Waals surface area contributed by atoms with Gasteiger partial charge in [-0.3, -0.25) is 9.59 Å². The monoisotopic (exact) mass is 427 g/mol. The lowest BCUT2D eigenvalue weighted by atomic mass is 9.87. The molecule has 1 aromatic rings. The number of hydrogen-bond donors (Lipinski definition) is 1. The maximum Gasteiger partial charge on any atom is 0.251 e. The third kappa shape index (κ3) is 7.06. The fourth-order valence-corrected chi connectivity index (χ4v) is 4.72. The van der Waals surface area contributed by atoms with Crippen molar-refractivity contribution in [3.8, 4) is 0 Å². The second-order valence-corrected chi connectivity index (χ2v) is 10.7. The van der Waals surface area contributed by atoms with E-state index >= 15 is 0 Å². The molecule has 0 saturated carbocycles. The van der Waals surface area contributed by atoms with Crippen LogP contribution in [0.3, 0.4) is 0 Å². The molecule has 0 aliphatic carbocycles. The summed E-state index contributed by atoms with van der Waals surface area (Å²) >= 11 is 0. The van der Waals surface area contributed by atoms with E-state index in [0.29, 0.717) is 24.4 Å². The maximum absolute atomic E-state index is 12.7. The minimum absolute atomic E-state index is 0.0696. The van der Waals surface area contributed by atoms with E-state index in [1.807, 2.05) is 29.2 Å². The van der Waals surface area contributed by atoms with E-state index in [4.69, 9.17) is 0 Å². The van der Waals surface area contributed by atoms with Gasteiger partial charge in [0.05, 0.1) is 0 Å². The van der Waals surface area contributed by atoms with Gasteiger partial charge in [-0.05, 0) is 73.7 Å². The minimum atomic E-state index is -0.107. The van der Waals surface area contributed by atoms with E-state index < -0.39 is 0 Å². The predicted molar refractivity (Wildman–Crippen MR) is 126 cm³/mol. The molecule has 0 radical (unpaired) electrons. The SMILES string of the molecule is CC1CCN(CC2CCCN(C(=O)CCNC(=O)c3ccc(C(C)(C)C)cc3)C2)CC1. The molecule has 3 rings (SSSR count). The molecule has 2 aliphatic heterocycles. The highest BCUT2D eigenvalue weighted by molar-refractivity contribution is 5.94. The first kappa shape index (κ1) is 23.8. The number of carbonyl (C=O) groups excluding carboxylic acids is 2. The van der Waals surface area contributed by atoms with Crippen molar-refractivity contribution in [2.75, 3.05) is 39.3 Å². The Morgan fingerprint density at radius 3 is 2.35 bits per heavy atom. The minimum Gasteiger partial charge on any atom is -0.352 e. The van der Waals surface area contributed by atoms with E-state index in [1.54, 1.807) is 0 Å². The molecule has 172 valence electrons. The molecule has 2 aliphatic rings. The smallest absolute Gasteiger partial charge is 0.251 e. The molecule has 5 heteroatoms. The molecule has 1 unspecified atom stereocenters. The topological polar surface area (TPSA) is 52.6 Å². The number of carbonyl (C=O) groups is 2. The third-order valence-electron chi connectivity index (χ3n) is 6.90. The van der Waals surface area contributed by atoms with Crippen LogP contribution in [0.25, 0.3) is 0 Å². The zero-order valence-corrected chi connectivity index (χ0v) is 20.0. The van der Waals surface area contributed by atoms with Crippen molar-refractivity contribution in [3.05, 3.63) is 35.4 Å². The number of nitrogens with one attached hydrogen (secondary N) is 1. The van der Waals surface area contributed by atoms with Gasteiger partial charge in [-0.1, -0.05) is 39.8 Å². The highest BCUT2D eigenvalue weighted by atomic mass is 16.2. The Balaban J connectivity index is 1.40. The van der Waals surface area contributed by atoms with Gasteiger partial charge in [0.2, 0.25) is 5.91 Å². The van der Waals surface area contributed by atoms with Crippen LogP contribution in [0.4, 0.5) is 0 Å². The summed E-state index contributed by atoms with van der Waals surface area (Å²) in [6.45, 7) is 14.5. The Labute approximate surface area is 188 Å². The second kappa shape index (κ2) is 10.6. The van der Waals surface area contributed by atoms with Gasteiger partial charge in [-0.25, -0.2) is 0 Å². The molecule has 31 heavy (non-hydrogen) atoms. The quantitative estimate of drug-likeness (QED) is 0.744. The number of benzene rings is 1. The standard InChI is InChI=1S/C26H41N3O2/c1-20-12-16-28(17-13-20)18-21-6-5-15-29(19-21)24(30)11-14-27-25(31)22-7-9-23(10-8-22)26(2,3)4/h7-10,20-21H,5-6,11-19H2,1-4H3,(H,27,31). The van der Waals surface area contributed by atoms with Gasteiger partial charge in [0.25, 0.3) is 5.91 Å². The number of piperidine rings is 2. The lowest BCUT2D eigenvalue weighted by Crippen LogP contribution is -2.45. The highest BCUT2D eigenvalue weighted by Crippen LogP contribution is 2.23. The maximum atomic E-state index is 12.7. The third-order valence-corrected chi connectivity index (χ3v) is 6.90. The van der Waals surface area contributed by atoms with E-state index in [2.05, 4.69) is 37.9 Å². The normalized spacial score (nSPS) is 21.2. The number of hydrogen-bond acceptors (Lipinski definition) is 3. The fourth-order valence-electron chi connectivity index (χ4n) is 4.72. The first-order valence-electron chi connectivity index (χ1n) is 12.1. The number of amides is 2. The number of rotatable bonds is 6. The summed E-state index contributed by atoms with van der Waals surface area (Å²) in [6.07, 6.45) is 5.28. The molecular formula is C26H41N3O2. The second-order valence-electron chi connectivity index (χ2n) is 10.7.